The lowest BCUT2D eigenvalue weighted by atomic mass is 10.1. The largest absolute Gasteiger partial charge is 0.465 e. The fourth-order valence-electron chi connectivity index (χ4n) is 2.22. The standard InChI is InChI=1S/C18H13N3O2.ClH/c1-3-12-5-4-6-14(9-12)21-17-15-10-13(18(22)23-2)7-8-16(15)19-11-20-17;/h1,4-11H,2H3,(H,19,20,21);1H. The lowest BCUT2D eigenvalue weighted by Crippen LogP contribution is -2.02. The fourth-order valence-corrected chi connectivity index (χ4v) is 2.22. The van der Waals surface area contributed by atoms with Gasteiger partial charge in [0.2, 0.25) is 0 Å². The van der Waals surface area contributed by atoms with E-state index in [-0.39, 0.29) is 12.4 Å². The number of nitrogens with one attached hydrogen (secondary N) is 1. The van der Waals surface area contributed by atoms with Gasteiger partial charge in [-0.2, -0.15) is 0 Å². The predicted octanol–water partition coefficient (Wildman–Crippen LogP) is 3.56. The minimum Gasteiger partial charge on any atom is -0.465 e. The minimum atomic E-state index is -0.406. The highest BCUT2D eigenvalue weighted by Crippen LogP contribution is 2.24. The number of anilines is 2. The van der Waals surface area contributed by atoms with Crippen molar-refractivity contribution in [1.29, 1.82) is 0 Å². The number of carbonyl (C=O) groups is 1. The summed E-state index contributed by atoms with van der Waals surface area (Å²) >= 11 is 0. The number of hydrogen-bond donors (Lipinski definition) is 1. The molecule has 0 aliphatic rings. The fraction of sp³-hybridized carbons (Fsp3) is 0.0556. The zero-order valence-electron chi connectivity index (χ0n) is 12.8. The highest BCUT2D eigenvalue weighted by molar-refractivity contribution is 5.98. The molecule has 0 spiro atoms. The number of fused-ring (bicyclic) bond motifs is 1. The number of rotatable bonds is 3. The molecule has 0 amide bonds. The summed E-state index contributed by atoms with van der Waals surface area (Å²) in [5, 5.41) is 3.93. The first-order valence-corrected chi connectivity index (χ1v) is 6.88. The highest BCUT2D eigenvalue weighted by Gasteiger charge is 2.10. The Morgan fingerprint density at radius 2 is 2.04 bits per heavy atom. The number of esters is 1. The van der Waals surface area contributed by atoms with Crippen molar-refractivity contribution in [2.45, 2.75) is 0 Å². The van der Waals surface area contributed by atoms with Crippen molar-refractivity contribution in [1.82, 2.24) is 9.97 Å². The van der Waals surface area contributed by atoms with Crippen LogP contribution in [0.2, 0.25) is 0 Å². The molecule has 3 aromatic rings. The predicted molar refractivity (Wildman–Crippen MR) is 95.8 cm³/mol. The van der Waals surface area contributed by atoms with Crippen LogP contribution in [0.1, 0.15) is 15.9 Å². The Kier molecular flexibility index (Phi) is 5.35. The molecule has 0 atom stereocenters. The van der Waals surface area contributed by atoms with Crippen molar-refractivity contribution in [2.75, 3.05) is 12.4 Å². The molecule has 0 saturated carbocycles. The maximum atomic E-state index is 11.7. The molecule has 0 radical (unpaired) electrons. The Bertz CT molecular complexity index is 935. The Hall–Kier alpha value is -3.10. The van der Waals surface area contributed by atoms with Crippen LogP contribution in [0.15, 0.2) is 48.8 Å². The summed E-state index contributed by atoms with van der Waals surface area (Å²) in [6, 6.07) is 12.6. The van der Waals surface area contributed by atoms with Gasteiger partial charge in [-0.25, -0.2) is 14.8 Å². The van der Waals surface area contributed by atoms with Crippen LogP contribution in [-0.4, -0.2) is 23.0 Å². The number of methoxy groups -OCH3 is 1. The molecule has 0 unspecified atom stereocenters. The molecule has 5 nitrogen and oxygen atoms in total. The first-order chi connectivity index (χ1) is 11.2. The van der Waals surface area contributed by atoms with E-state index in [2.05, 4.69) is 21.2 Å². The van der Waals surface area contributed by atoms with Gasteiger partial charge in [-0.1, -0.05) is 12.0 Å². The second kappa shape index (κ2) is 7.44. The van der Waals surface area contributed by atoms with Crippen molar-refractivity contribution < 1.29 is 9.53 Å². The molecule has 6 heteroatoms. The normalized spacial score (nSPS) is 9.67. The molecule has 3 rings (SSSR count). The topological polar surface area (TPSA) is 64.1 Å². The molecule has 120 valence electrons. The van der Waals surface area contributed by atoms with E-state index in [0.29, 0.717) is 11.4 Å². The van der Waals surface area contributed by atoms with E-state index in [0.717, 1.165) is 22.2 Å². The average molecular weight is 340 g/mol. The Morgan fingerprint density at radius 1 is 1.21 bits per heavy atom. The molecule has 1 aromatic heterocycles. The highest BCUT2D eigenvalue weighted by atomic mass is 35.5. The second-order valence-corrected chi connectivity index (χ2v) is 4.80. The van der Waals surface area contributed by atoms with Gasteiger partial charge >= 0.3 is 5.97 Å². The number of carbonyl (C=O) groups excluding carboxylic acids is 1. The van der Waals surface area contributed by atoms with Crippen LogP contribution in [-0.2, 0) is 4.74 Å². The van der Waals surface area contributed by atoms with Gasteiger partial charge in [0.05, 0.1) is 18.2 Å². The smallest absolute Gasteiger partial charge is 0.337 e. The average Bonchev–Trinajstić information content (AvgIpc) is 2.61. The van der Waals surface area contributed by atoms with E-state index in [1.165, 1.54) is 13.4 Å². The summed E-state index contributed by atoms with van der Waals surface area (Å²) in [6.07, 6.45) is 6.88. The summed E-state index contributed by atoms with van der Waals surface area (Å²) in [5.74, 6) is 2.77. The Balaban J connectivity index is 0.00000208. The van der Waals surface area contributed by atoms with Gasteiger partial charge in [-0.3, -0.25) is 0 Å². The van der Waals surface area contributed by atoms with Crippen LogP contribution in [0, 0.1) is 12.3 Å². The van der Waals surface area contributed by atoms with Gasteiger partial charge in [0, 0.05) is 16.6 Å². The van der Waals surface area contributed by atoms with Crippen molar-refractivity contribution in [2.24, 2.45) is 0 Å². The van der Waals surface area contributed by atoms with Gasteiger partial charge < -0.3 is 10.1 Å². The van der Waals surface area contributed by atoms with Crippen LogP contribution in [0.4, 0.5) is 11.5 Å². The SMILES string of the molecule is C#Cc1cccc(Nc2ncnc3ccc(C(=O)OC)cc23)c1.Cl. The van der Waals surface area contributed by atoms with Crippen LogP contribution in [0.3, 0.4) is 0 Å². The summed E-state index contributed by atoms with van der Waals surface area (Å²) in [6.45, 7) is 0. The Morgan fingerprint density at radius 3 is 2.79 bits per heavy atom. The van der Waals surface area contributed by atoms with E-state index < -0.39 is 5.97 Å². The van der Waals surface area contributed by atoms with Crippen molar-refractivity contribution >= 4 is 40.8 Å². The molecule has 1 heterocycles. The zero-order chi connectivity index (χ0) is 16.2. The first-order valence-electron chi connectivity index (χ1n) is 6.88. The third kappa shape index (κ3) is 3.45. The van der Waals surface area contributed by atoms with Crippen molar-refractivity contribution in [3.63, 3.8) is 0 Å². The first kappa shape index (κ1) is 17.3. The van der Waals surface area contributed by atoms with E-state index in [9.17, 15) is 4.79 Å². The summed E-state index contributed by atoms with van der Waals surface area (Å²) < 4.78 is 4.75. The molecule has 0 fully saturated rings. The molecular formula is C18H14ClN3O2. The summed E-state index contributed by atoms with van der Waals surface area (Å²) in [4.78, 5) is 20.2. The molecule has 0 aliphatic carbocycles. The lowest BCUT2D eigenvalue weighted by Gasteiger charge is -2.09. The maximum Gasteiger partial charge on any atom is 0.337 e. The van der Waals surface area contributed by atoms with Crippen molar-refractivity contribution in [3.8, 4) is 12.3 Å². The zero-order valence-corrected chi connectivity index (χ0v) is 13.6. The minimum absolute atomic E-state index is 0. The molecule has 0 bridgehead atoms. The van der Waals surface area contributed by atoms with Crippen molar-refractivity contribution in [3.05, 3.63) is 59.9 Å². The number of ether oxygens (including phenoxy) is 1. The van der Waals surface area contributed by atoms with Gasteiger partial charge in [0.15, 0.2) is 0 Å². The summed E-state index contributed by atoms with van der Waals surface area (Å²) in [7, 11) is 1.35. The quantitative estimate of drug-likeness (QED) is 0.584. The summed E-state index contributed by atoms with van der Waals surface area (Å²) in [5.41, 5.74) is 2.74. The maximum absolute atomic E-state index is 11.7. The molecular weight excluding hydrogens is 326 g/mol. The Labute approximate surface area is 145 Å². The number of terminal acetylenes is 1. The van der Waals surface area contributed by atoms with Crippen LogP contribution in [0.5, 0.6) is 0 Å². The van der Waals surface area contributed by atoms with E-state index >= 15 is 0 Å². The molecule has 1 N–H and O–H groups in total. The number of hydrogen-bond acceptors (Lipinski definition) is 5. The van der Waals surface area contributed by atoms with E-state index in [1.807, 2.05) is 24.3 Å². The number of nitrogens with zero attached hydrogens (tertiary/aromatic N) is 2. The third-order valence-electron chi connectivity index (χ3n) is 3.35. The number of benzene rings is 2. The van der Waals surface area contributed by atoms with Gasteiger partial charge in [-0.15, -0.1) is 18.8 Å². The van der Waals surface area contributed by atoms with Crippen LogP contribution in [0.25, 0.3) is 10.9 Å². The number of halogens is 1. The molecule has 0 aliphatic heterocycles. The monoisotopic (exact) mass is 339 g/mol. The second-order valence-electron chi connectivity index (χ2n) is 4.80. The van der Waals surface area contributed by atoms with E-state index in [4.69, 9.17) is 11.2 Å². The molecule has 24 heavy (non-hydrogen) atoms. The lowest BCUT2D eigenvalue weighted by molar-refractivity contribution is 0.0601. The van der Waals surface area contributed by atoms with E-state index in [1.54, 1.807) is 18.2 Å². The van der Waals surface area contributed by atoms with Gasteiger partial charge in [0.1, 0.15) is 12.1 Å². The van der Waals surface area contributed by atoms with Gasteiger partial charge in [-0.05, 0) is 36.4 Å². The van der Waals surface area contributed by atoms with Gasteiger partial charge in [0.25, 0.3) is 0 Å². The molecule has 0 saturated heterocycles. The van der Waals surface area contributed by atoms with Crippen LogP contribution >= 0.6 is 12.4 Å². The number of aromatic nitrogens is 2. The third-order valence-corrected chi connectivity index (χ3v) is 3.35. The van der Waals surface area contributed by atoms with Crippen LogP contribution < -0.4 is 5.32 Å². The molecule has 2 aromatic carbocycles.